The summed E-state index contributed by atoms with van der Waals surface area (Å²) in [5, 5.41) is 2.83. The lowest BCUT2D eigenvalue weighted by Crippen LogP contribution is -2.39. The number of carbonyl (C=O) groups excluding carboxylic acids is 2. The molecular formula is C23H25BrN2O3. The molecule has 0 unspecified atom stereocenters. The lowest BCUT2D eigenvalue weighted by atomic mass is 10.1. The van der Waals surface area contributed by atoms with Gasteiger partial charge >= 0.3 is 0 Å². The van der Waals surface area contributed by atoms with Crippen molar-refractivity contribution in [1.82, 2.24) is 10.2 Å². The largest absolute Gasteiger partial charge is 0.497 e. The second-order valence-electron chi connectivity index (χ2n) is 7.00. The quantitative estimate of drug-likeness (QED) is 0.667. The number of ether oxygens (including phenoxy) is 1. The maximum absolute atomic E-state index is 13.2. The van der Waals surface area contributed by atoms with Gasteiger partial charge in [0.1, 0.15) is 11.4 Å². The van der Waals surface area contributed by atoms with Crippen LogP contribution in [0.15, 0.2) is 58.7 Å². The molecule has 0 atom stereocenters. The molecule has 0 aliphatic carbocycles. The smallest absolute Gasteiger partial charge is 0.270 e. The molecule has 2 aromatic rings. The zero-order chi connectivity index (χ0) is 20.6. The number of rotatable bonds is 5. The zero-order valence-corrected chi connectivity index (χ0v) is 18.1. The molecule has 1 aliphatic rings. The molecule has 6 heteroatoms. The van der Waals surface area contributed by atoms with Gasteiger partial charge in [-0.1, -0.05) is 47.0 Å². The van der Waals surface area contributed by atoms with Crippen molar-refractivity contribution in [2.24, 2.45) is 0 Å². The first-order valence-corrected chi connectivity index (χ1v) is 10.6. The second kappa shape index (κ2) is 10.3. The Morgan fingerprint density at radius 1 is 1.03 bits per heavy atom. The summed E-state index contributed by atoms with van der Waals surface area (Å²) in [5.74, 6) is 0.279. The van der Waals surface area contributed by atoms with Gasteiger partial charge in [-0.05, 0) is 54.8 Å². The minimum absolute atomic E-state index is 0.147. The minimum atomic E-state index is -0.311. The molecular weight excluding hydrogens is 432 g/mol. The number of methoxy groups -OCH3 is 1. The van der Waals surface area contributed by atoms with Crippen molar-refractivity contribution in [2.75, 3.05) is 20.2 Å². The third kappa shape index (κ3) is 5.94. The van der Waals surface area contributed by atoms with E-state index in [4.69, 9.17) is 4.74 Å². The van der Waals surface area contributed by atoms with E-state index in [9.17, 15) is 9.59 Å². The summed E-state index contributed by atoms with van der Waals surface area (Å²) in [6.07, 6.45) is 5.96. The van der Waals surface area contributed by atoms with Gasteiger partial charge in [-0.3, -0.25) is 9.59 Å². The second-order valence-corrected chi connectivity index (χ2v) is 7.92. The normalized spacial score (nSPS) is 14.8. The molecule has 1 aliphatic heterocycles. The summed E-state index contributed by atoms with van der Waals surface area (Å²) in [5.41, 5.74) is 1.59. The Labute approximate surface area is 179 Å². The van der Waals surface area contributed by atoms with Gasteiger partial charge in [0.25, 0.3) is 11.8 Å². The molecule has 3 rings (SSSR count). The van der Waals surface area contributed by atoms with Gasteiger partial charge < -0.3 is 15.0 Å². The van der Waals surface area contributed by atoms with E-state index in [0.29, 0.717) is 18.7 Å². The predicted molar refractivity (Wildman–Crippen MR) is 118 cm³/mol. The number of amides is 2. The van der Waals surface area contributed by atoms with Gasteiger partial charge in [-0.2, -0.15) is 0 Å². The number of nitrogens with zero attached hydrogens (tertiary/aromatic N) is 1. The average molecular weight is 457 g/mol. The van der Waals surface area contributed by atoms with Gasteiger partial charge in [0, 0.05) is 23.1 Å². The van der Waals surface area contributed by atoms with Crippen LogP contribution in [0.1, 0.15) is 41.6 Å². The van der Waals surface area contributed by atoms with Crippen molar-refractivity contribution in [2.45, 2.75) is 25.7 Å². The van der Waals surface area contributed by atoms with Crippen molar-refractivity contribution in [1.29, 1.82) is 0 Å². The Bertz CT molecular complexity index is 885. The number of likely N-dealkylation sites (tertiary alicyclic amines) is 1. The van der Waals surface area contributed by atoms with E-state index >= 15 is 0 Å². The fourth-order valence-electron chi connectivity index (χ4n) is 3.29. The fourth-order valence-corrected chi connectivity index (χ4v) is 3.69. The first-order valence-electron chi connectivity index (χ1n) is 9.79. The first kappa shape index (κ1) is 21.1. The lowest BCUT2D eigenvalue weighted by molar-refractivity contribution is -0.127. The van der Waals surface area contributed by atoms with Gasteiger partial charge in [0.05, 0.1) is 7.11 Å². The molecule has 5 nitrogen and oxygen atoms in total. The summed E-state index contributed by atoms with van der Waals surface area (Å²) in [7, 11) is 1.61. The molecule has 0 saturated carbocycles. The van der Waals surface area contributed by atoms with Crippen molar-refractivity contribution in [3.63, 3.8) is 0 Å². The molecule has 2 aromatic carbocycles. The van der Waals surface area contributed by atoms with Crippen LogP contribution in [0.4, 0.5) is 0 Å². The monoisotopic (exact) mass is 456 g/mol. The van der Waals surface area contributed by atoms with E-state index < -0.39 is 0 Å². The van der Waals surface area contributed by atoms with E-state index in [2.05, 4.69) is 21.2 Å². The van der Waals surface area contributed by atoms with Gasteiger partial charge in [-0.25, -0.2) is 0 Å². The maximum atomic E-state index is 13.2. The maximum Gasteiger partial charge on any atom is 0.270 e. The summed E-state index contributed by atoms with van der Waals surface area (Å²) in [4.78, 5) is 27.8. The number of nitrogens with one attached hydrogen (secondary N) is 1. The highest BCUT2D eigenvalue weighted by Gasteiger charge is 2.22. The number of hydrogen-bond donors (Lipinski definition) is 1. The molecule has 2 amide bonds. The first-order chi connectivity index (χ1) is 14.1. The summed E-state index contributed by atoms with van der Waals surface area (Å²) >= 11 is 3.38. The molecule has 0 radical (unpaired) electrons. The predicted octanol–water partition coefficient (Wildman–Crippen LogP) is 4.63. The van der Waals surface area contributed by atoms with Crippen LogP contribution in [0.5, 0.6) is 5.75 Å². The Hall–Kier alpha value is -2.60. The third-order valence-electron chi connectivity index (χ3n) is 4.89. The number of halogens is 1. The average Bonchev–Trinajstić information content (AvgIpc) is 3.03. The van der Waals surface area contributed by atoms with Crippen LogP contribution >= 0.6 is 15.9 Å². The highest BCUT2D eigenvalue weighted by Crippen LogP contribution is 2.17. The topological polar surface area (TPSA) is 58.6 Å². The minimum Gasteiger partial charge on any atom is -0.497 e. The van der Waals surface area contributed by atoms with E-state index in [-0.39, 0.29) is 17.5 Å². The molecule has 152 valence electrons. The third-order valence-corrected chi connectivity index (χ3v) is 5.38. The molecule has 1 saturated heterocycles. The Morgan fingerprint density at radius 2 is 1.72 bits per heavy atom. The van der Waals surface area contributed by atoms with E-state index in [1.807, 2.05) is 35.2 Å². The van der Waals surface area contributed by atoms with Gasteiger partial charge in [0.2, 0.25) is 0 Å². The Balaban J connectivity index is 1.88. The van der Waals surface area contributed by atoms with Crippen LogP contribution in [0.3, 0.4) is 0 Å². The highest BCUT2D eigenvalue weighted by atomic mass is 79.9. The molecule has 1 N–H and O–H groups in total. The fraction of sp³-hybridized carbons (Fsp3) is 0.304. The van der Waals surface area contributed by atoms with Crippen LogP contribution in [0, 0.1) is 0 Å². The molecule has 0 spiro atoms. The zero-order valence-electron chi connectivity index (χ0n) is 16.5. The van der Waals surface area contributed by atoms with Crippen LogP contribution < -0.4 is 10.1 Å². The Kier molecular flexibility index (Phi) is 7.47. The van der Waals surface area contributed by atoms with Crippen LogP contribution in [-0.2, 0) is 4.79 Å². The van der Waals surface area contributed by atoms with Crippen molar-refractivity contribution >= 4 is 33.8 Å². The van der Waals surface area contributed by atoms with E-state index in [1.54, 1.807) is 31.4 Å². The lowest BCUT2D eigenvalue weighted by Gasteiger charge is -2.22. The number of hydrogen-bond acceptors (Lipinski definition) is 3. The molecule has 0 bridgehead atoms. The molecule has 1 heterocycles. The summed E-state index contributed by atoms with van der Waals surface area (Å²) in [6, 6.07) is 14.5. The molecule has 1 fully saturated rings. The van der Waals surface area contributed by atoms with Gasteiger partial charge in [0.15, 0.2) is 0 Å². The van der Waals surface area contributed by atoms with Crippen LogP contribution in [0.25, 0.3) is 6.08 Å². The molecule has 29 heavy (non-hydrogen) atoms. The van der Waals surface area contributed by atoms with Crippen LogP contribution in [0.2, 0.25) is 0 Å². The number of carbonyl (C=O) groups is 2. The number of benzene rings is 2. The molecule has 0 aromatic heterocycles. The summed E-state index contributed by atoms with van der Waals surface area (Å²) < 4.78 is 6.00. The van der Waals surface area contributed by atoms with Crippen LogP contribution in [-0.4, -0.2) is 36.9 Å². The highest BCUT2D eigenvalue weighted by molar-refractivity contribution is 9.10. The van der Waals surface area contributed by atoms with Crippen molar-refractivity contribution < 1.29 is 14.3 Å². The Morgan fingerprint density at radius 3 is 2.34 bits per heavy atom. The SMILES string of the molecule is COc1ccc(/C=C(\NC(=O)c2cccc(Br)c2)C(=O)N2CCCCCC2)cc1. The van der Waals surface area contributed by atoms with Crippen molar-refractivity contribution in [3.8, 4) is 5.75 Å². The standard InChI is InChI=1S/C23H25BrN2O3/c1-29-20-11-9-17(10-12-20)15-21(23(28)26-13-4-2-3-5-14-26)25-22(27)18-7-6-8-19(24)16-18/h6-12,15-16H,2-5,13-14H2,1H3,(H,25,27)/b21-15-. The van der Waals surface area contributed by atoms with Crippen molar-refractivity contribution in [3.05, 3.63) is 69.8 Å². The van der Waals surface area contributed by atoms with E-state index in [0.717, 1.165) is 41.5 Å². The van der Waals surface area contributed by atoms with E-state index in [1.165, 1.54) is 0 Å². The summed E-state index contributed by atoms with van der Waals surface area (Å²) in [6.45, 7) is 1.43. The van der Waals surface area contributed by atoms with Gasteiger partial charge in [-0.15, -0.1) is 0 Å².